The normalized spacial score (nSPS) is 29.6. The molecule has 6 heteroatoms. The minimum Gasteiger partial charge on any atom is -0.274 e. The van der Waals surface area contributed by atoms with E-state index in [9.17, 15) is 19.7 Å². The first kappa shape index (κ1) is 15.7. The van der Waals surface area contributed by atoms with Gasteiger partial charge in [0.05, 0.1) is 22.4 Å². The van der Waals surface area contributed by atoms with E-state index in [1.807, 2.05) is 26.0 Å². The summed E-state index contributed by atoms with van der Waals surface area (Å²) in [7, 11) is 0. The first-order chi connectivity index (χ1) is 11.8. The number of amides is 2. The van der Waals surface area contributed by atoms with Gasteiger partial charge in [-0.2, -0.15) is 0 Å². The predicted molar refractivity (Wildman–Crippen MR) is 91.8 cm³/mol. The van der Waals surface area contributed by atoms with Gasteiger partial charge in [0, 0.05) is 24.0 Å². The Hall–Kier alpha value is -2.76. The predicted octanol–water partition coefficient (Wildman–Crippen LogP) is 3.16. The fourth-order valence-corrected chi connectivity index (χ4v) is 4.62. The van der Waals surface area contributed by atoms with Gasteiger partial charge in [0.25, 0.3) is 5.69 Å². The molecule has 0 aromatic heterocycles. The van der Waals surface area contributed by atoms with Crippen LogP contribution in [0.3, 0.4) is 0 Å². The molecule has 1 aromatic rings. The van der Waals surface area contributed by atoms with Crippen molar-refractivity contribution in [2.45, 2.75) is 20.8 Å². The second-order valence-electron chi connectivity index (χ2n) is 7.18. The van der Waals surface area contributed by atoms with Crippen LogP contribution in [0.15, 0.2) is 41.5 Å². The van der Waals surface area contributed by atoms with Crippen LogP contribution in [0.1, 0.15) is 19.4 Å². The first-order valence-electron chi connectivity index (χ1n) is 8.31. The van der Waals surface area contributed by atoms with Gasteiger partial charge in [0.15, 0.2) is 0 Å². The van der Waals surface area contributed by atoms with Crippen LogP contribution in [0, 0.1) is 40.7 Å². The molecular weight excluding hydrogens is 320 g/mol. The van der Waals surface area contributed by atoms with Gasteiger partial charge in [-0.25, -0.2) is 4.90 Å². The molecule has 4 rings (SSSR count). The van der Waals surface area contributed by atoms with Gasteiger partial charge in [0.2, 0.25) is 11.8 Å². The number of rotatable bonds is 2. The van der Waals surface area contributed by atoms with Crippen LogP contribution in [0.5, 0.6) is 0 Å². The van der Waals surface area contributed by atoms with E-state index < -0.39 is 4.92 Å². The molecule has 1 saturated carbocycles. The van der Waals surface area contributed by atoms with Crippen LogP contribution in [-0.2, 0) is 9.59 Å². The van der Waals surface area contributed by atoms with Gasteiger partial charge < -0.3 is 0 Å². The van der Waals surface area contributed by atoms with Crippen molar-refractivity contribution < 1.29 is 14.5 Å². The van der Waals surface area contributed by atoms with Crippen molar-refractivity contribution in [3.05, 3.63) is 57.2 Å². The highest BCUT2D eigenvalue weighted by Gasteiger charge is 2.62. The van der Waals surface area contributed by atoms with Crippen molar-refractivity contribution in [2.24, 2.45) is 23.7 Å². The minimum atomic E-state index is -0.513. The fourth-order valence-electron chi connectivity index (χ4n) is 4.62. The van der Waals surface area contributed by atoms with Crippen molar-refractivity contribution in [2.75, 3.05) is 4.90 Å². The van der Waals surface area contributed by atoms with Crippen LogP contribution < -0.4 is 4.90 Å². The quantitative estimate of drug-likeness (QED) is 0.359. The summed E-state index contributed by atoms with van der Waals surface area (Å²) in [6.07, 6.45) is 4.06. The molecule has 0 spiro atoms. The van der Waals surface area contributed by atoms with E-state index >= 15 is 0 Å². The Morgan fingerprint density at radius 1 is 1.08 bits per heavy atom. The summed E-state index contributed by atoms with van der Waals surface area (Å²) >= 11 is 0. The Kier molecular flexibility index (Phi) is 3.22. The molecule has 3 aliphatic rings. The lowest BCUT2D eigenvalue weighted by Gasteiger charge is -2.20. The zero-order valence-electron chi connectivity index (χ0n) is 14.2. The molecule has 1 heterocycles. The highest BCUT2D eigenvalue weighted by Crippen LogP contribution is 2.57. The molecule has 2 fully saturated rings. The number of non-ortho nitro benzene ring substituents is 1. The van der Waals surface area contributed by atoms with Crippen molar-refractivity contribution in [1.29, 1.82) is 0 Å². The molecule has 4 atom stereocenters. The number of hydrogen-bond acceptors (Lipinski definition) is 4. The number of benzene rings is 1. The monoisotopic (exact) mass is 338 g/mol. The van der Waals surface area contributed by atoms with Crippen molar-refractivity contribution in [3.63, 3.8) is 0 Å². The molecule has 0 radical (unpaired) electrons. The Morgan fingerprint density at radius 3 is 2.12 bits per heavy atom. The third-order valence-corrected chi connectivity index (χ3v) is 5.64. The molecule has 2 amide bonds. The average molecular weight is 338 g/mol. The maximum atomic E-state index is 13.1. The molecular formula is C19H18N2O4. The van der Waals surface area contributed by atoms with Gasteiger partial charge in [-0.15, -0.1) is 0 Å². The Morgan fingerprint density at radius 2 is 1.64 bits per heavy atom. The summed E-state index contributed by atoms with van der Waals surface area (Å²) in [6, 6.07) is 4.29. The summed E-state index contributed by atoms with van der Waals surface area (Å²) in [5.74, 6) is -1.30. The van der Waals surface area contributed by atoms with Crippen molar-refractivity contribution >= 4 is 23.2 Å². The van der Waals surface area contributed by atoms with E-state index in [1.165, 1.54) is 22.6 Å². The zero-order chi connectivity index (χ0) is 18.0. The number of nitrogens with zero attached hydrogens (tertiary/aromatic N) is 2. The standard InChI is InChI=1S/C19H18N2O4/c1-9(2)15-12-6-7-13(15)17-16(12)18(22)20(19(17)23)14-8-11(21(24)25)5-4-10(14)3/h4-8,12-13,16-17H,1-3H3. The van der Waals surface area contributed by atoms with Crippen molar-refractivity contribution in [1.82, 2.24) is 0 Å². The molecule has 1 aromatic carbocycles. The highest BCUT2D eigenvalue weighted by atomic mass is 16.6. The van der Waals surface area contributed by atoms with Gasteiger partial charge in [0.1, 0.15) is 0 Å². The molecule has 6 nitrogen and oxygen atoms in total. The summed E-state index contributed by atoms with van der Waals surface area (Å²) in [6.45, 7) is 5.78. The highest BCUT2D eigenvalue weighted by molar-refractivity contribution is 6.23. The van der Waals surface area contributed by atoms with Crippen LogP contribution in [0.25, 0.3) is 0 Å². The molecule has 2 aliphatic carbocycles. The topological polar surface area (TPSA) is 80.5 Å². The second kappa shape index (κ2) is 5.12. The first-order valence-corrected chi connectivity index (χ1v) is 8.31. The number of anilines is 1. The van der Waals surface area contributed by atoms with E-state index in [-0.39, 0.29) is 41.2 Å². The smallest absolute Gasteiger partial charge is 0.271 e. The Balaban J connectivity index is 1.79. The summed E-state index contributed by atoms with van der Waals surface area (Å²) < 4.78 is 0. The van der Waals surface area contributed by atoms with E-state index in [4.69, 9.17) is 0 Å². The SMILES string of the molecule is CC(C)=C1C2C=CC1C1C(=O)N(c3cc([N+](=O)[O-])ccc3C)C(=O)C21. The fraction of sp³-hybridized carbons (Fsp3) is 0.368. The minimum absolute atomic E-state index is 0.0274. The molecule has 128 valence electrons. The second-order valence-corrected chi connectivity index (χ2v) is 7.18. The van der Waals surface area contributed by atoms with Crippen LogP contribution in [-0.4, -0.2) is 16.7 Å². The number of carbonyl (C=O) groups excluding carboxylic acids is 2. The number of aryl methyl sites for hydroxylation is 1. The van der Waals surface area contributed by atoms with E-state index in [1.54, 1.807) is 13.0 Å². The summed E-state index contributed by atoms with van der Waals surface area (Å²) in [5.41, 5.74) is 3.23. The molecule has 4 unspecified atom stereocenters. The number of carbonyl (C=O) groups is 2. The number of nitro groups is 1. The Bertz CT molecular complexity index is 861. The maximum absolute atomic E-state index is 13.1. The van der Waals surface area contributed by atoms with Gasteiger partial charge in [-0.05, 0) is 26.3 Å². The molecule has 0 N–H and O–H groups in total. The maximum Gasteiger partial charge on any atom is 0.271 e. The summed E-state index contributed by atoms with van der Waals surface area (Å²) in [5, 5.41) is 11.1. The third-order valence-electron chi connectivity index (χ3n) is 5.64. The van der Waals surface area contributed by atoms with Crippen LogP contribution in [0.2, 0.25) is 0 Å². The molecule has 2 bridgehead atoms. The van der Waals surface area contributed by atoms with Gasteiger partial charge >= 0.3 is 0 Å². The number of allylic oxidation sites excluding steroid dienone is 4. The number of nitro benzene ring substituents is 1. The van der Waals surface area contributed by atoms with E-state index in [0.29, 0.717) is 11.3 Å². The van der Waals surface area contributed by atoms with E-state index in [2.05, 4.69) is 0 Å². The molecule has 1 saturated heterocycles. The number of hydrogen-bond donors (Lipinski definition) is 0. The molecule has 1 aliphatic heterocycles. The largest absolute Gasteiger partial charge is 0.274 e. The van der Waals surface area contributed by atoms with Gasteiger partial charge in [-0.3, -0.25) is 19.7 Å². The van der Waals surface area contributed by atoms with Crippen LogP contribution in [0.4, 0.5) is 11.4 Å². The number of fused-ring (bicyclic) bond motifs is 5. The average Bonchev–Trinajstić information content (AvgIpc) is 3.18. The Labute approximate surface area is 145 Å². The lowest BCUT2D eigenvalue weighted by Crippen LogP contribution is -2.33. The number of imide groups is 1. The lowest BCUT2D eigenvalue weighted by atomic mass is 9.85. The summed E-state index contributed by atoms with van der Waals surface area (Å²) in [4.78, 5) is 37.9. The van der Waals surface area contributed by atoms with Crippen molar-refractivity contribution in [3.8, 4) is 0 Å². The zero-order valence-corrected chi connectivity index (χ0v) is 14.2. The molecule has 25 heavy (non-hydrogen) atoms. The lowest BCUT2D eigenvalue weighted by molar-refractivity contribution is -0.384. The third kappa shape index (κ3) is 1.97. The van der Waals surface area contributed by atoms with Crippen LogP contribution >= 0.6 is 0 Å². The van der Waals surface area contributed by atoms with Gasteiger partial charge in [-0.1, -0.05) is 29.4 Å². The van der Waals surface area contributed by atoms with E-state index in [0.717, 1.165) is 5.57 Å².